The molecule has 2 heterocycles. The predicted octanol–water partition coefficient (Wildman–Crippen LogP) is 4.70. The number of nitrogens with one attached hydrogen (secondary N) is 4. The van der Waals surface area contributed by atoms with Crippen LogP contribution in [0, 0.1) is 23.4 Å². The largest absolute Gasteiger partial charge is 0.340 e. The lowest BCUT2D eigenvalue weighted by molar-refractivity contribution is 1.08. The Balaban J connectivity index is 1.75. The zero-order valence-electron chi connectivity index (χ0n) is 13.2. The van der Waals surface area contributed by atoms with Crippen molar-refractivity contribution >= 4 is 47.4 Å². The van der Waals surface area contributed by atoms with E-state index >= 15 is 0 Å². The second kappa shape index (κ2) is 6.90. The van der Waals surface area contributed by atoms with Crippen LogP contribution in [0.1, 0.15) is 11.4 Å². The average molecular weight is 356 g/mol. The number of aromatic amines is 2. The van der Waals surface area contributed by atoms with E-state index in [0.717, 1.165) is 22.8 Å². The van der Waals surface area contributed by atoms with Crippen LogP contribution in [0.4, 0.5) is 23.0 Å². The van der Waals surface area contributed by atoms with Crippen LogP contribution in [0.3, 0.4) is 0 Å². The van der Waals surface area contributed by atoms with E-state index < -0.39 is 0 Å². The number of hydrogen-bond donors (Lipinski definition) is 4. The average Bonchev–Trinajstić information content (AvgIpc) is 2.47. The fraction of sp³-hybridized carbons (Fsp3) is 0.125. The van der Waals surface area contributed by atoms with Crippen LogP contribution < -0.4 is 10.6 Å². The molecule has 8 heteroatoms. The topological polar surface area (TPSA) is 81.4 Å². The van der Waals surface area contributed by atoms with Gasteiger partial charge < -0.3 is 20.6 Å². The van der Waals surface area contributed by atoms with Gasteiger partial charge in [-0.05, 0) is 74.7 Å². The van der Waals surface area contributed by atoms with Gasteiger partial charge in [0.15, 0.2) is 9.54 Å². The lowest BCUT2D eigenvalue weighted by Crippen LogP contribution is -1.98. The molecule has 1 aromatic carbocycles. The van der Waals surface area contributed by atoms with Crippen molar-refractivity contribution in [1.29, 1.82) is 0 Å². The fourth-order valence-corrected chi connectivity index (χ4v) is 2.74. The molecule has 122 valence electrons. The molecule has 0 aliphatic heterocycles. The van der Waals surface area contributed by atoms with Crippen LogP contribution in [0.2, 0.25) is 0 Å². The highest BCUT2D eigenvalue weighted by atomic mass is 32.1. The van der Waals surface area contributed by atoms with Crippen LogP contribution in [0.25, 0.3) is 0 Å². The zero-order chi connectivity index (χ0) is 17.1. The molecule has 0 saturated carbocycles. The molecule has 0 aliphatic rings. The molecule has 0 saturated heterocycles. The minimum absolute atomic E-state index is 0.456. The van der Waals surface area contributed by atoms with Gasteiger partial charge in [-0.25, -0.2) is 9.97 Å². The summed E-state index contributed by atoms with van der Waals surface area (Å²) in [4.78, 5) is 14.4. The van der Waals surface area contributed by atoms with Crippen LogP contribution in [-0.2, 0) is 0 Å². The molecule has 0 atom stereocenters. The SMILES string of the molecule is Cc1cc(Nc2ccc(Nc3cc(C)[nH]c(=S)n3)cc2)nc(=S)[nH]1. The second-order valence-corrected chi connectivity index (χ2v) is 6.11. The predicted molar refractivity (Wildman–Crippen MR) is 101 cm³/mol. The Labute approximate surface area is 149 Å². The van der Waals surface area contributed by atoms with Gasteiger partial charge in [-0.3, -0.25) is 0 Å². The molecule has 0 fully saturated rings. The molecule has 3 aromatic rings. The molecule has 2 aromatic heterocycles. The van der Waals surface area contributed by atoms with Crippen molar-refractivity contribution in [1.82, 2.24) is 19.9 Å². The van der Waals surface area contributed by atoms with Crippen LogP contribution in [0.5, 0.6) is 0 Å². The highest BCUT2D eigenvalue weighted by Gasteiger charge is 2.00. The number of rotatable bonds is 4. The summed E-state index contributed by atoms with van der Waals surface area (Å²) in [6.07, 6.45) is 0. The van der Waals surface area contributed by atoms with Crippen molar-refractivity contribution in [3.05, 3.63) is 57.3 Å². The monoisotopic (exact) mass is 356 g/mol. The van der Waals surface area contributed by atoms with Gasteiger partial charge in [-0.15, -0.1) is 0 Å². The van der Waals surface area contributed by atoms with E-state index in [0.29, 0.717) is 21.2 Å². The number of nitrogens with zero attached hydrogens (tertiary/aromatic N) is 2. The van der Waals surface area contributed by atoms with Gasteiger partial charge in [-0.1, -0.05) is 0 Å². The van der Waals surface area contributed by atoms with E-state index in [1.807, 2.05) is 50.2 Å². The number of hydrogen-bond acceptors (Lipinski definition) is 6. The van der Waals surface area contributed by atoms with Crippen LogP contribution in [-0.4, -0.2) is 19.9 Å². The Kier molecular flexibility index (Phi) is 4.68. The van der Waals surface area contributed by atoms with Crippen molar-refractivity contribution in [2.45, 2.75) is 13.8 Å². The summed E-state index contributed by atoms with van der Waals surface area (Å²) in [5.41, 5.74) is 3.75. The smallest absolute Gasteiger partial charge is 0.198 e. The van der Waals surface area contributed by atoms with E-state index in [1.54, 1.807) is 0 Å². The van der Waals surface area contributed by atoms with E-state index in [1.165, 1.54) is 0 Å². The molecule has 0 bridgehead atoms. The highest BCUT2D eigenvalue weighted by Crippen LogP contribution is 2.20. The number of anilines is 4. The van der Waals surface area contributed by atoms with Gasteiger partial charge in [0.25, 0.3) is 0 Å². The van der Waals surface area contributed by atoms with Crippen molar-refractivity contribution < 1.29 is 0 Å². The molecule has 0 spiro atoms. The Morgan fingerprint density at radius 3 is 1.46 bits per heavy atom. The van der Waals surface area contributed by atoms with E-state index in [9.17, 15) is 0 Å². The second-order valence-electron chi connectivity index (χ2n) is 5.34. The lowest BCUT2D eigenvalue weighted by atomic mass is 10.2. The summed E-state index contributed by atoms with van der Waals surface area (Å²) in [6, 6.07) is 11.6. The lowest BCUT2D eigenvalue weighted by Gasteiger charge is -2.09. The number of aromatic nitrogens is 4. The summed E-state index contributed by atoms with van der Waals surface area (Å²) in [7, 11) is 0. The van der Waals surface area contributed by atoms with Gasteiger partial charge >= 0.3 is 0 Å². The van der Waals surface area contributed by atoms with Crippen molar-refractivity contribution in [2.75, 3.05) is 10.6 Å². The number of benzene rings is 1. The number of H-pyrrole nitrogens is 2. The van der Waals surface area contributed by atoms with E-state index in [-0.39, 0.29) is 0 Å². The maximum absolute atomic E-state index is 5.08. The minimum Gasteiger partial charge on any atom is -0.340 e. The van der Waals surface area contributed by atoms with Crippen molar-refractivity contribution in [3.63, 3.8) is 0 Å². The molecule has 24 heavy (non-hydrogen) atoms. The van der Waals surface area contributed by atoms with Gasteiger partial charge in [0, 0.05) is 22.8 Å². The Morgan fingerprint density at radius 1 is 0.750 bits per heavy atom. The molecular weight excluding hydrogens is 340 g/mol. The first kappa shape index (κ1) is 16.3. The molecular formula is C16H16N6S2. The Hall–Kier alpha value is -2.58. The molecule has 3 rings (SSSR count). The highest BCUT2D eigenvalue weighted by molar-refractivity contribution is 7.71. The maximum atomic E-state index is 5.08. The van der Waals surface area contributed by atoms with Gasteiger partial charge in [0.1, 0.15) is 11.6 Å². The normalized spacial score (nSPS) is 10.4. The molecule has 0 amide bonds. The first-order chi connectivity index (χ1) is 11.5. The molecule has 0 unspecified atom stereocenters. The summed E-state index contributed by atoms with van der Waals surface area (Å²) >= 11 is 10.2. The van der Waals surface area contributed by atoms with Gasteiger partial charge in [-0.2, -0.15) is 0 Å². The summed E-state index contributed by atoms with van der Waals surface area (Å²) in [5, 5.41) is 6.46. The third-order valence-corrected chi connectivity index (χ3v) is 3.58. The molecule has 0 radical (unpaired) electrons. The van der Waals surface area contributed by atoms with Gasteiger partial charge in [0.2, 0.25) is 0 Å². The number of aryl methyl sites for hydroxylation is 2. The Bertz CT molecular complexity index is 894. The summed E-state index contributed by atoms with van der Waals surface area (Å²) < 4.78 is 0.913. The van der Waals surface area contributed by atoms with Crippen LogP contribution >= 0.6 is 24.4 Å². The van der Waals surface area contributed by atoms with Gasteiger partial charge in [0.05, 0.1) is 0 Å². The zero-order valence-corrected chi connectivity index (χ0v) is 14.8. The van der Waals surface area contributed by atoms with E-state index in [2.05, 4.69) is 30.6 Å². The summed E-state index contributed by atoms with van der Waals surface area (Å²) in [6.45, 7) is 3.88. The van der Waals surface area contributed by atoms with Crippen molar-refractivity contribution in [3.8, 4) is 0 Å². The maximum Gasteiger partial charge on any atom is 0.198 e. The third kappa shape index (κ3) is 4.24. The summed E-state index contributed by atoms with van der Waals surface area (Å²) in [5.74, 6) is 1.42. The standard InChI is InChI=1S/C16H16N6S2/c1-9-7-13(21-15(23)17-9)19-11-3-5-12(6-4-11)20-14-8-10(2)18-16(24)22-14/h3-8H,1-2H3,(H2,17,19,21,23)(H2,18,20,22,24). The first-order valence-electron chi connectivity index (χ1n) is 7.28. The van der Waals surface area contributed by atoms with E-state index in [4.69, 9.17) is 24.4 Å². The van der Waals surface area contributed by atoms with Crippen molar-refractivity contribution in [2.24, 2.45) is 0 Å². The molecule has 4 N–H and O–H groups in total. The quantitative estimate of drug-likeness (QED) is 0.508. The molecule has 6 nitrogen and oxygen atoms in total. The van der Waals surface area contributed by atoms with Crippen LogP contribution in [0.15, 0.2) is 36.4 Å². The first-order valence-corrected chi connectivity index (χ1v) is 8.10. The Morgan fingerprint density at radius 2 is 1.12 bits per heavy atom. The fourth-order valence-electron chi connectivity index (χ4n) is 2.22. The third-order valence-electron chi connectivity index (χ3n) is 3.19. The minimum atomic E-state index is 0.456. The molecule has 0 aliphatic carbocycles.